The number of carboxylic acids is 1. The molecule has 1 atom stereocenters. The van der Waals surface area contributed by atoms with Gasteiger partial charge in [-0.15, -0.1) is 0 Å². The van der Waals surface area contributed by atoms with Crippen LogP contribution in [0.4, 0.5) is 4.79 Å². The smallest absolute Gasteiger partial charge is 0.481 e. The number of ether oxygens (including phenoxy) is 2. The molecule has 0 amide bonds. The maximum Gasteiger partial charge on any atom is 0.508 e. The molecule has 0 aromatic carbocycles. The van der Waals surface area contributed by atoms with Gasteiger partial charge in [-0.05, 0) is 39.8 Å². The second kappa shape index (κ2) is 19.0. The maximum absolute atomic E-state index is 11.8. The summed E-state index contributed by atoms with van der Waals surface area (Å²) in [4.78, 5) is 24.7. The van der Waals surface area contributed by atoms with E-state index in [4.69, 9.17) is 14.6 Å². The van der Waals surface area contributed by atoms with Crippen molar-refractivity contribution in [1.29, 1.82) is 0 Å². The number of nitrogens with zero attached hydrogens (tertiary/aromatic N) is 1. The number of carbonyl (C=O) groups is 2. The van der Waals surface area contributed by atoms with Gasteiger partial charge in [-0.1, -0.05) is 64.7 Å². The summed E-state index contributed by atoms with van der Waals surface area (Å²) >= 11 is 0. The van der Waals surface area contributed by atoms with Crippen LogP contribution < -0.4 is 0 Å². The fraction of sp³-hybridized carbons (Fsp3) is 0.909. The summed E-state index contributed by atoms with van der Waals surface area (Å²) in [6.45, 7) is 3.40. The normalized spacial score (nSPS) is 12.1. The molecule has 0 aromatic heterocycles. The molecule has 0 heterocycles. The number of rotatable bonds is 19. The monoisotopic (exact) mass is 401 g/mol. The number of aliphatic carboxylic acids is 1. The summed E-state index contributed by atoms with van der Waals surface area (Å²) in [5.41, 5.74) is 0. The number of hydrogen-bond donors (Lipinski definition) is 1. The Bertz CT molecular complexity index is 387. The fourth-order valence-corrected chi connectivity index (χ4v) is 3.11. The molecule has 6 nitrogen and oxygen atoms in total. The quantitative estimate of drug-likeness (QED) is 0.223. The molecule has 0 unspecified atom stereocenters. The first-order valence-corrected chi connectivity index (χ1v) is 11.2. The number of carboxylic acid groups (broad SMARTS) is 1. The van der Waals surface area contributed by atoms with E-state index in [9.17, 15) is 9.59 Å². The molecule has 0 aliphatic carbocycles. The molecule has 0 saturated heterocycles. The summed E-state index contributed by atoms with van der Waals surface area (Å²) in [6.07, 6.45) is 13.2. The van der Waals surface area contributed by atoms with E-state index in [0.29, 0.717) is 19.4 Å². The Morgan fingerprint density at radius 2 is 1.43 bits per heavy atom. The van der Waals surface area contributed by atoms with Crippen molar-refractivity contribution in [2.45, 2.75) is 103 Å². The molecule has 0 saturated carbocycles. The topological polar surface area (TPSA) is 76.1 Å². The Kier molecular flexibility index (Phi) is 18.2. The third kappa shape index (κ3) is 19.5. The lowest BCUT2D eigenvalue weighted by Gasteiger charge is -2.17. The fourth-order valence-electron chi connectivity index (χ4n) is 3.11. The van der Waals surface area contributed by atoms with Gasteiger partial charge in [0, 0.05) is 13.0 Å². The van der Waals surface area contributed by atoms with E-state index >= 15 is 0 Å². The second-order valence-electron chi connectivity index (χ2n) is 7.90. The molecule has 28 heavy (non-hydrogen) atoms. The van der Waals surface area contributed by atoms with Gasteiger partial charge in [-0.25, -0.2) is 4.79 Å². The van der Waals surface area contributed by atoms with Gasteiger partial charge in [0.05, 0.1) is 6.61 Å². The van der Waals surface area contributed by atoms with Crippen LogP contribution >= 0.6 is 0 Å². The molecule has 1 N–H and O–H groups in total. The lowest BCUT2D eigenvalue weighted by Crippen LogP contribution is -2.22. The standard InChI is InChI=1S/C22H43NO5/c1-4-5-6-7-8-9-10-11-12-13-15-20(16-17-21(24)25)28-22(26)27-19-14-18-23(2)3/h20H,4-19H2,1-3H3,(H,24,25)/t20-/m0/s1. The van der Waals surface area contributed by atoms with E-state index in [1.807, 2.05) is 19.0 Å². The summed E-state index contributed by atoms with van der Waals surface area (Å²) < 4.78 is 10.4. The minimum atomic E-state index is -0.865. The minimum absolute atomic E-state index is 0.0103. The van der Waals surface area contributed by atoms with Gasteiger partial charge in [-0.2, -0.15) is 0 Å². The van der Waals surface area contributed by atoms with Crippen molar-refractivity contribution in [3.8, 4) is 0 Å². The molecule has 0 rings (SSSR count). The van der Waals surface area contributed by atoms with Crippen LogP contribution in [-0.4, -0.2) is 55.5 Å². The van der Waals surface area contributed by atoms with Gasteiger partial charge in [0.1, 0.15) is 6.10 Å². The number of unbranched alkanes of at least 4 members (excludes halogenated alkanes) is 9. The zero-order chi connectivity index (χ0) is 21.0. The molecule has 0 fully saturated rings. The predicted molar refractivity (Wildman–Crippen MR) is 113 cm³/mol. The van der Waals surface area contributed by atoms with Crippen LogP contribution in [0.3, 0.4) is 0 Å². The predicted octanol–water partition coefficient (Wildman–Crippen LogP) is 5.64. The first-order chi connectivity index (χ1) is 13.5. The van der Waals surface area contributed by atoms with Crippen LogP contribution in [0, 0.1) is 0 Å². The van der Waals surface area contributed by atoms with Crippen molar-refractivity contribution in [1.82, 2.24) is 4.90 Å². The van der Waals surface area contributed by atoms with Crippen LogP contribution in [-0.2, 0) is 14.3 Å². The van der Waals surface area contributed by atoms with Crippen molar-refractivity contribution >= 4 is 12.1 Å². The molecule has 0 spiro atoms. The summed E-state index contributed by atoms with van der Waals surface area (Å²) in [5, 5.41) is 8.89. The van der Waals surface area contributed by atoms with Crippen LogP contribution in [0.1, 0.15) is 96.8 Å². The first kappa shape index (κ1) is 26.7. The molecule has 0 aromatic rings. The SMILES string of the molecule is CCCCCCCCCCCC[C@@H](CCC(=O)O)OC(=O)OCCCN(C)C. The highest BCUT2D eigenvalue weighted by atomic mass is 16.7. The molecule has 6 heteroatoms. The molecular weight excluding hydrogens is 358 g/mol. The van der Waals surface area contributed by atoms with Crippen molar-refractivity contribution in [2.75, 3.05) is 27.2 Å². The Labute approximate surface area is 172 Å². The molecule has 0 aliphatic rings. The minimum Gasteiger partial charge on any atom is -0.481 e. The molecule has 0 radical (unpaired) electrons. The Hall–Kier alpha value is -1.30. The number of hydrogen-bond acceptors (Lipinski definition) is 5. The third-order valence-electron chi connectivity index (χ3n) is 4.79. The largest absolute Gasteiger partial charge is 0.508 e. The lowest BCUT2D eigenvalue weighted by molar-refractivity contribution is -0.137. The van der Waals surface area contributed by atoms with Gasteiger partial charge in [0.15, 0.2) is 0 Å². The van der Waals surface area contributed by atoms with Crippen LogP contribution in [0.25, 0.3) is 0 Å². The first-order valence-electron chi connectivity index (χ1n) is 11.2. The Morgan fingerprint density at radius 1 is 0.857 bits per heavy atom. The Balaban J connectivity index is 3.89. The molecule has 166 valence electrons. The van der Waals surface area contributed by atoms with Gasteiger partial charge in [0.2, 0.25) is 0 Å². The molecule has 0 bridgehead atoms. The zero-order valence-electron chi connectivity index (χ0n) is 18.4. The highest BCUT2D eigenvalue weighted by molar-refractivity contribution is 5.66. The van der Waals surface area contributed by atoms with E-state index in [0.717, 1.165) is 25.8 Å². The van der Waals surface area contributed by atoms with Gasteiger partial charge in [-0.3, -0.25) is 4.79 Å². The van der Waals surface area contributed by atoms with Crippen LogP contribution in [0.2, 0.25) is 0 Å². The van der Waals surface area contributed by atoms with E-state index in [-0.39, 0.29) is 12.5 Å². The average Bonchev–Trinajstić information content (AvgIpc) is 2.64. The summed E-state index contributed by atoms with van der Waals surface area (Å²) in [5.74, 6) is -0.865. The highest BCUT2D eigenvalue weighted by Gasteiger charge is 2.17. The van der Waals surface area contributed by atoms with Crippen molar-refractivity contribution in [2.24, 2.45) is 0 Å². The highest BCUT2D eigenvalue weighted by Crippen LogP contribution is 2.16. The maximum atomic E-state index is 11.8. The van der Waals surface area contributed by atoms with Gasteiger partial charge >= 0.3 is 12.1 Å². The Morgan fingerprint density at radius 3 is 1.96 bits per heavy atom. The summed E-state index contributed by atoms with van der Waals surface area (Å²) in [6, 6.07) is 0. The lowest BCUT2D eigenvalue weighted by atomic mass is 10.0. The molecular formula is C22H43NO5. The van der Waals surface area contributed by atoms with Crippen LogP contribution in [0.15, 0.2) is 0 Å². The third-order valence-corrected chi connectivity index (χ3v) is 4.79. The van der Waals surface area contributed by atoms with Crippen molar-refractivity contribution in [3.63, 3.8) is 0 Å². The van der Waals surface area contributed by atoms with E-state index in [1.54, 1.807) is 0 Å². The number of carbonyl (C=O) groups excluding carboxylic acids is 1. The van der Waals surface area contributed by atoms with Crippen LogP contribution in [0.5, 0.6) is 0 Å². The van der Waals surface area contributed by atoms with E-state index in [1.165, 1.54) is 51.4 Å². The van der Waals surface area contributed by atoms with Gasteiger partial charge < -0.3 is 19.5 Å². The van der Waals surface area contributed by atoms with E-state index < -0.39 is 12.1 Å². The second-order valence-corrected chi connectivity index (χ2v) is 7.90. The van der Waals surface area contributed by atoms with E-state index in [2.05, 4.69) is 6.92 Å². The summed E-state index contributed by atoms with van der Waals surface area (Å²) in [7, 11) is 3.93. The average molecular weight is 402 g/mol. The van der Waals surface area contributed by atoms with Gasteiger partial charge in [0.25, 0.3) is 0 Å². The van der Waals surface area contributed by atoms with Crippen molar-refractivity contribution < 1.29 is 24.2 Å². The zero-order valence-corrected chi connectivity index (χ0v) is 18.4. The van der Waals surface area contributed by atoms with Crippen molar-refractivity contribution in [3.05, 3.63) is 0 Å². The molecule has 0 aliphatic heterocycles.